The van der Waals surface area contributed by atoms with Crippen LogP contribution in [0.3, 0.4) is 0 Å². The Morgan fingerprint density at radius 3 is 2.58 bits per heavy atom. The summed E-state index contributed by atoms with van der Waals surface area (Å²) in [4.78, 5) is 28.8. The van der Waals surface area contributed by atoms with Crippen LogP contribution in [0.4, 0.5) is 10.1 Å². The summed E-state index contributed by atoms with van der Waals surface area (Å²) in [6, 6.07) is 14.0. The number of fused-ring (bicyclic) bond motifs is 3. The van der Waals surface area contributed by atoms with Gasteiger partial charge >= 0.3 is 0 Å². The number of aliphatic hydroxyl groups excluding tert-OH is 1. The van der Waals surface area contributed by atoms with Crippen molar-refractivity contribution in [2.75, 3.05) is 50.9 Å². The molecule has 0 radical (unpaired) electrons. The molecule has 0 bridgehead atoms. The van der Waals surface area contributed by atoms with E-state index < -0.39 is 12.0 Å². The lowest BCUT2D eigenvalue weighted by Gasteiger charge is -2.42. The normalized spacial score (nSPS) is 23.5. The van der Waals surface area contributed by atoms with Crippen molar-refractivity contribution >= 4 is 23.1 Å². The predicted octanol–water partition coefficient (Wildman–Crippen LogP) is 2.21. The number of halogens is 1. The van der Waals surface area contributed by atoms with Crippen LogP contribution >= 0.6 is 0 Å². The lowest BCUT2D eigenvalue weighted by atomic mass is 9.67. The first-order chi connectivity index (χ1) is 17.4. The number of carbonyl (C=O) groups is 2. The highest BCUT2D eigenvalue weighted by molar-refractivity contribution is 6.43. The first-order valence-corrected chi connectivity index (χ1v) is 12.4. The van der Waals surface area contributed by atoms with E-state index in [9.17, 15) is 14.0 Å². The Morgan fingerprint density at radius 2 is 1.89 bits per heavy atom. The zero-order valence-electron chi connectivity index (χ0n) is 20.4. The van der Waals surface area contributed by atoms with E-state index in [2.05, 4.69) is 4.90 Å². The average molecular weight is 495 g/mol. The second-order valence-electron chi connectivity index (χ2n) is 9.61. The highest BCUT2D eigenvalue weighted by atomic mass is 19.1. The number of hydrogen-bond donors (Lipinski definition) is 1. The number of carbonyl (C=O) groups excluding carboxylic acids is 2. The molecule has 1 fully saturated rings. The number of hydrogen-bond acceptors (Lipinski definition) is 7. The molecule has 0 aromatic heterocycles. The summed E-state index contributed by atoms with van der Waals surface area (Å²) < 4.78 is 20.3. The molecule has 1 amide bonds. The molecule has 1 N–H and O–H groups in total. The molecular formula is C27H31FN4O4. The molecule has 0 unspecified atom stereocenters. The van der Waals surface area contributed by atoms with Crippen LogP contribution in [0.1, 0.15) is 25.3 Å². The number of rotatable bonds is 7. The molecule has 2 aromatic rings. The van der Waals surface area contributed by atoms with Gasteiger partial charge in [0, 0.05) is 39.2 Å². The Hall–Kier alpha value is -3.30. The van der Waals surface area contributed by atoms with E-state index in [-0.39, 0.29) is 23.5 Å². The lowest BCUT2D eigenvalue weighted by Crippen LogP contribution is -2.54. The van der Waals surface area contributed by atoms with Crippen molar-refractivity contribution in [2.45, 2.75) is 31.2 Å². The summed E-state index contributed by atoms with van der Waals surface area (Å²) in [6.45, 7) is 4.88. The largest absolute Gasteiger partial charge is 0.489 e. The van der Waals surface area contributed by atoms with E-state index in [1.807, 2.05) is 30.3 Å². The van der Waals surface area contributed by atoms with Crippen LogP contribution in [-0.4, -0.2) is 84.3 Å². The molecule has 3 aliphatic heterocycles. The van der Waals surface area contributed by atoms with Crippen molar-refractivity contribution < 1.29 is 23.8 Å². The van der Waals surface area contributed by atoms with Crippen molar-refractivity contribution in [2.24, 2.45) is 5.10 Å². The summed E-state index contributed by atoms with van der Waals surface area (Å²) in [6.07, 6.45) is 1.47. The molecule has 2 aromatic carbocycles. The Bertz CT molecular complexity index is 1170. The van der Waals surface area contributed by atoms with E-state index >= 15 is 0 Å². The number of Topliss-reactive ketones (excluding diaryl/α,β-unsaturated/α-hetero) is 1. The van der Waals surface area contributed by atoms with Crippen molar-refractivity contribution in [1.29, 1.82) is 0 Å². The van der Waals surface area contributed by atoms with Gasteiger partial charge in [-0.3, -0.25) is 19.5 Å². The highest BCUT2D eigenvalue weighted by Crippen LogP contribution is 2.48. The van der Waals surface area contributed by atoms with Crippen molar-refractivity contribution in [3.63, 3.8) is 0 Å². The second kappa shape index (κ2) is 9.99. The van der Waals surface area contributed by atoms with Gasteiger partial charge in [-0.2, -0.15) is 5.10 Å². The summed E-state index contributed by atoms with van der Waals surface area (Å²) in [7, 11) is 0. The van der Waals surface area contributed by atoms with Crippen LogP contribution in [0, 0.1) is 5.82 Å². The maximum atomic E-state index is 14.2. The van der Waals surface area contributed by atoms with Gasteiger partial charge in [0.1, 0.15) is 42.2 Å². The number of nitrogens with zero attached hydrogens (tertiary/aromatic N) is 4. The topological polar surface area (TPSA) is 85.7 Å². The summed E-state index contributed by atoms with van der Waals surface area (Å²) in [5.74, 6) is -0.172. The summed E-state index contributed by atoms with van der Waals surface area (Å²) in [5.41, 5.74) is 1.30. The Morgan fingerprint density at radius 1 is 1.14 bits per heavy atom. The number of ketones is 1. The second-order valence-corrected chi connectivity index (χ2v) is 9.61. The van der Waals surface area contributed by atoms with Gasteiger partial charge in [-0.05, 0) is 37.1 Å². The average Bonchev–Trinajstić information content (AvgIpc) is 3.25. The van der Waals surface area contributed by atoms with E-state index in [1.54, 1.807) is 22.9 Å². The van der Waals surface area contributed by atoms with Gasteiger partial charge in [-0.1, -0.05) is 30.3 Å². The van der Waals surface area contributed by atoms with Crippen LogP contribution in [0.2, 0.25) is 0 Å². The SMILES string of the molecule is CC(=O)C1=NN2c3cc(F)ccc3OC[C@H]2[C@@]1(CCCN1CCN(C(=O)CO)CC1)c1ccccc1. The fourth-order valence-electron chi connectivity index (χ4n) is 5.81. The first kappa shape index (κ1) is 24.4. The molecule has 0 saturated carbocycles. The molecule has 190 valence electrons. The van der Waals surface area contributed by atoms with E-state index in [4.69, 9.17) is 14.9 Å². The molecule has 1 saturated heterocycles. The fraction of sp³-hybridized carbons (Fsp3) is 0.444. The van der Waals surface area contributed by atoms with Gasteiger partial charge < -0.3 is 14.7 Å². The van der Waals surface area contributed by atoms with E-state index in [0.717, 1.165) is 31.6 Å². The standard InChI is InChI=1S/C27H31FN4O4/c1-19(34)26-27(20-6-3-2-4-7-20,10-5-11-30-12-14-31(15-13-30)25(35)17-33)24-18-36-23-9-8-21(28)16-22(23)32(24)29-26/h2-4,6-9,16,24,33H,5,10-15,17-18H2,1H3/t24-,27+/m0/s1. The molecule has 2 atom stereocenters. The van der Waals surface area contributed by atoms with E-state index in [1.165, 1.54) is 12.1 Å². The molecule has 9 heteroatoms. The number of hydrazone groups is 1. The zero-order chi connectivity index (χ0) is 25.3. The molecular weight excluding hydrogens is 463 g/mol. The molecule has 3 heterocycles. The minimum atomic E-state index is -0.703. The van der Waals surface area contributed by atoms with Gasteiger partial charge in [-0.15, -0.1) is 0 Å². The molecule has 3 aliphatic rings. The minimum Gasteiger partial charge on any atom is -0.489 e. The lowest BCUT2D eigenvalue weighted by molar-refractivity contribution is -0.135. The highest BCUT2D eigenvalue weighted by Gasteiger charge is 2.55. The molecule has 0 aliphatic carbocycles. The van der Waals surface area contributed by atoms with Gasteiger partial charge in [0.05, 0.1) is 5.41 Å². The van der Waals surface area contributed by atoms with Gasteiger partial charge in [0.25, 0.3) is 0 Å². The third-order valence-electron chi connectivity index (χ3n) is 7.59. The van der Waals surface area contributed by atoms with Crippen molar-refractivity contribution in [1.82, 2.24) is 9.80 Å². The van der Waals surface area contributed by atoms with Crippen molar-refractivity contribution in [3.8, 4) is 5.75 Å². The quantitative estimate of drug-likeness (QED) is 0.635. The van der Waals surface area contributed by atoms with Gasteiger partial charge in [-0.25, -0.2) is 4.39 Å². The molecule has 8 nitrogen and oxygen atoms in total. The van der Waals surface area contributed by atoms with Gasteiger partial charge in [0.15, 0.2) is 5.78 Å². The summed E-state index contributed by atoms with van der Waals surface area (Å²) in [5, 5.41) is 15.7. The zero-order valence-corrected chi connectivity index (χ0v) is 20.4. The van der Waals surface area contributed by atoms with Crippen LogP contribution in [-0.2, 0) is 15.0 Å². The summed E-state index contributed by atoms with van der Waals surface area (Å²) >= 11 is 0. The maximum Gasteiger partial charge on any atom is 0.248 e. The van der Waals surface area contributed by atoms with Crippen LogP contribution in [0.15, 0.2) is 53.6 Å². The molecule has 36 heavy (non-hydrogen) atoms. The predicted molar refractivity (Wildman–Crippen MR) is 134 cm³/mol. The van der Waals surface area contributed by atoms with E-state index in [0.29, 0.717) is 43.3 Å². The van der Waals surface area contributed by atoms with Crippen molar-refractivity contribution in [3.05, 3.63) is 59.9 Å². The number of benzene rings is 2. The van der Waals surface area contributed by atoms with Crippen LogP contribution in [0.25, 0.3) is 0 Å². The molecule has 5 rings (SSSR count). The first-order valence-electron chi connectivity index (χ1n) is 12.4. The molecule has 0 spiro atoms. The Labute approximate surface area is 209 Å². The number of aliphatic hydroxyl groups is 1. The number of anilines is 1. The van der Waals surface area contributed by atoms with Crippen LogP contribution < -0.4 is 9.75 Å². The van der Waals surface area contributed by atoms with Crippen LogP contribution in [0.5, 0.6) is 5.75 Å². The number of amides is 1. The monoisotopic (exact) mass is 494 g/mol. The minimum absolute atomic E-state index is 0.109. The third-order valence-corrected chi connectivity index (χ3v) is 7.59. The maximum absolute atomic E-state index is 14.2. The number of ether oxygens (including phenoxy) is 1. The smallest absolute Gasteiger partial charge is 0.248 e. The van der Waals surface area contributed by atoms with Gasteiger partial charge in [0.2, 0.25) is 5.91 Å². The number of piperazine rings is 1. The third kappa shape index (κ3) is 4.26. The Kier molecular flexibility index (Phi) is 6.77. The Balaban J connectivity index is 1.42. The fourth-order valence-corrected chi connectivity index (χ4v) is 5.81.